The van der Waals surface area contributed by atoms with E-state index in [1.54, 1.807) is 19.1 Å². The molecule has 14 nitrogen and oxygen atoms in total. The number of anilines is 2. The van der Waals surface area contributed by atoms with Gasteiger partial charge in [-0.05, 0) is 61.9 Å². The summed E-state index contributed by atoms with van der Waals surface area (Å²) >= 11 is 5.72. The third-order valence-electron chi connectivity index (χ3n) is 7.55. The highest BCUT2D eigenvalue weighted by Crippen LogP contribution is 2.32. The van der Waals surface area contributed by atoms with Gasteiger partial charge in [0, 0.05) is 5.69 Å². The zero-order chi connectivity index (χ0) is 35.1. The van der Waals surface area contributed by atoms with Crippen molar-refractivity contribution >= 4 is 73.3 Å². The monoisotopic (exact) mass is 757 g/mol. The third kappa shape index (κ3) is 10.4. The molecule has 1 amide bonds. The van der Waals surface area contributed by atoms with Gasteiger partial charge >= 0.3 is 11.9 Å². The van der Waals surface area contributed by atoms with Crippen LogP contribution in [0.1, 0.15) is 30.9 Å². The summed E-state index contributed by atoms with van der Waals surface area (Å²) in [7, 11) is -7.80. The summed E-state index contributed by atoms with van der Waals surface area (Å²) in [5.74, 6) is -1.84. The minimum Gasteiger partial charge on any atom is -0.480 e. The summed E-state index contributed by atoms with van der Waals surface area (Å²) in [6.07, 6.45) is 2.19. The molecule has 0 fully saturated rings. The predicted molar refractivity (Wildman–Crippen MR) is 186 cm³/mol. The molecule has 3 aromatic rings. The maximum absolute atomic E-state index is 13.3. The van der Waals surface area contributed by atoms with Crippen LogP contribution >= 0.6 is 24.0 Å². The number of fused-ring (bicyclic) bond motifs is 2. The highest BCUT2D eigenvalue weighted by Gasteiger charge is 2.34. The Morgan fingerprint density at radius 2 is 1.82 bits per heavy atom. The number of carboxylic acid groups (broad SMARTS) is 1. The lowest BCUT2D eigenvalue weighted by Gasteiger charge is -2.27. The van der Waals surface area contributed by atoms with E-state index in [1.807, 2.05) is 42.5 Å². The number of primary sulfonamides is 1. The Labute approximate surface area is 295 Å². The number of rotatable bonds is 10. The molecule has 2 atom stereocenters. The Morgan fingerprint density at radius 1 is 1.14 bits per heavy atom. The first kappa shape index (κ1) is 39.7. The van der Waals surface area contributed by atoms with Gasteiger partial charge in [-0.1, -0.05) is 60.1 Å². The number of sulfonamides is 2. The second-order valence-electron chi connectivity index (χ2n) is 10.9. The standard InChI is InChI=1S/C24H28N2O5.C7H8ClN3O4S2.ClH/c1-2-31-24(30)20(14-12-17-8-4-3-5-9-17)25-19-15-13-18-10-6-7-11-21(18)26(23(19)29)16-22(27)28;8-4-1-5-7(2-6(4)16(9,12)13)17(14,15)11-3-10-5;/h3-11,19-20,25H,2,12-16H2,1H3,(H,27,28);1-2,10-11H,3H2,(H2,9,12,13);1H/t19-,20-;;/m0../s1. The van der Waals surface area contributed by atoms with E-state index in [2.05, 4.69) is 15.4 Å². The van der Waals surface area contributed by atoms with Gasteiger partial charge in [0.25, 0.3) is 0 Å². The Bertz CT molecular complexity index is 1880. The fourth-order valence-corrected chi connectivity index (χ4v) is 7.58. The van der Waals surface area contributed by atoms with Crippen molar-refractivity contribution in [2.24, 2.45) is 5.14 Å². The minimum absolute atomic E-state index is 0. The van der Waals surface area contributed by atoms with E-state index >= 15 is 0 Å². The summed E-state index contributed by atoms with van der Waals surface area (Å²) in [5.41, 5.74) is 2.85. The average Bonchev–Trinajstić information content (AvgIpc) is 3.15. The molecular weight excluding hydrogens is 721 g/mol. The maximum atomic E-state index is 13.3. The van der Waals surface area contributed by atoms with Crippen molar-refractivity contribution in [3.8, 4) is 0 Å². The molecule has 0 aliphatic carbocycles. The van der Waals surface area contributed by atoms with Gasteiger partial charge in [0.2, 0.25) is 26.0 Å². The lowest BCUT2D eigenvalue weighted by atomic mass is 10.0. The van der Waals surface area contributed by atoms with E-state index in [4.69, 9.17) is 21.5 Å². The van der Waals surface area contributed by atoms with Crippen molar-refractivity contribution in [2.45, 2.75) is 54.5 Å². The van der Waals surface area contributed by atoms with Crippen LogP contribution in [0, 0.1) is 0 Å². The van der Waals surface area contributed by atoms with E-state index in [9.17, 15) is 36.3 Å². The summed E-state index contributed by atoms with van der Waals surface area (Å²) in [6.45, 7) is 1.58. The second kappa shape index (κ2) is 17.2. The lowest BCUT2D eigenvalue weighted by molar-refractivity contribution is -0.146. The van der Waals surface area contributed by atoms with Crippen LogP contribution in [0.2, 0.25) is 5.02 Å². The maximum Gasteiger partial charge on any atom is 0.323 e. The van der Waals surface area contributed by atoms with E-state index in [0.717, 1.165) is 17.2 Å². The molecular formula is C31H37Cl2N5O9S2. The van der Waals surface area contributed by atoms with Crippen LogP contribution in [0.15, 0.2) is 76.5 Å². The third-order valence-corrected chi connectivity index (χ3v) is 10.4. The Morgan fingerprint density at radius 3 is 2.47 bits per heavy atom. The number of halogens is 2. The second-order valence-corrected chi connectivity index (χ2v) is 14.5. The molecule has 0 radical (unpaired) electrons. The summed E-state index contributed by atoms with van der Waals surface area (Å²) in [6, 6.07) is 17.9. The molecule has 3 aromatic carbocycles. The molecule has 0 saturated carbocycles. The van der Waals surface area contributed by atoms with Gasteiger partial charge in [0.1, 0.15) is 22.4 Å². The highest BCUT2D eigenvalue weighted by molar-refractivity contribution is 7.90. The number of nitrogens with two attached hydrogens (primary N) is 1. The predicted octanol–water partition coefficient (Wildman–Crippen LogP) is 2.64. The fourth-order valence-electron chi connectivity index (χ4n) is 5.30. The van der Waals surface area contributed by atoms with Crippen molar-refractivity contribution in [1.29, 1.82) is 0 Å². The lowest BCUT2D eigenvalue weighted by Crippen LogP contribution is -2.53. The van der Waals surface area contributed by atoms with Crippen molar-refractivity contribution in [3.63, 3.8) is 0 Å². The number of amides is 1. The molecule has 6 N–H and O–H groups in total. The molecule has 2 aliphatic rings. The van der Waals surface area contributed by atoms with Crippen LogP contribution in [0.4, 0.5) is 11.4 Å². The first-order valence-electron chi connectivity index (χ1n) is 14.9. The van der Waals surface area contributed by atoms with Crippen LogP contribution in [0.25, 0.3) is 0 Å². The minimum atomic E-state index is -4.07. The molecule has 0 spiro atoms. The van der Waals surface area contributed by atoms with Gasteiger partial charge < -0.3 is 15.2 Å². The number of para-hydroxylation sites is 1. The zero-order valence-electron chi connectivity index (χ0n) is 26.3. The van der Waals surface area contributed by atoms with Crippen LogP contribution in [-0.2, 0) is 52.0 Å². The van der Waals surface area contributed by atoms with Crippen LogP contribution in [0.5, 0.6) is 0 Å². The topological polar surface area (TPSA) is 214 Å². The molecule has 0 aromatic heterocycles. The number of esters is 1. The summed E-state index contributed by atoms with van der Waals surface area (Å²) in [4.78, 5) is 38.0. The van der Waals surface area contributed by atoms with E-state index < -0.39 is 55.5 Å². The molecule has 266 valence electrons. The number of carbonyl (C=O) groups excluding carboxylic acids is 2. The van der Waals surface area contributed by atoms with Crippen molar-refractivity contribution in [3.05, 3.63) is 82.9 Å². The number of carbonyl (C=O) groups is 3. The first-order chi connectivity index (χ1) is 22.7. The van der Waals surface area contributed by atoms with Crippen LogP contribution in [-0.4, -0.2) is 71.7 Å². The molecule has 5 rings (SSSR count). The number of hydrogen-bond acceptors (Lipinski definition) is 10. The Hall–Kier alpha value is -3.77. The molecule has 49 heavy (non-hydrogen) atoms. The SMILES string of the molecule is CCOC(=O)[C@H](CCc1ccccc1)N[C@H]1CCc2ccccc2N(CC(=O)O)C1=O.Cl.NS(=O)(=O)c1cc2c(cc1Cl)NCNS2(=O)=O. The van der Waals surface area contributed by atoms with E-state index in [1.165, 1.54) is 11.0 Å². The van der Waals surface area contributed by atoms with Crippen LogP contribution < -0.4 is 25.4 Å². The van der Waals surface area contributed by atoms with Crippen LogP contribution in [0.3, 0.4) is 0 Å². The van der Waals surface area contributed by atoms with Gasteiger partial charge in [-0.15, -0.1) is 12.4 Å². The highest BCUT2D eigenvalue weighted by atomic mass is 35.5. The van der Waals surface area contributed by atoms with Crippen molar-refractivity contribution in [2.75, 3.05) is 30.0 Å². The van der Waals surface area contributed by atoms with E-state index in [-0.39, 0.29) is 47.2 Å². The molecule has 2 heterocycles. The molecule has 0 unspecified atom stereocenters. The number of nitrogens with zero attached hydrogens (tertiary/aromatic N) is 1. The fraction of sp³-hybridized carbons (Fsp3) is 0.323. The average molecular weight is 759 g/mol. The van der Waals surface area contributed by atoms with Gasteiger partial charge in [-0.2, -0.15) is 4.72 Å². The molecule has 0 bridgehead atoms. The quantitative estimate of drug-likeness (QED) is 0.190. The number of ether oxygens (including phenoxy) is 1. The zero-order valence-corrected chi connectivity index (χ0v) is 29.5. The number of hydrogen-bond donors (Lipinski definition) is 5. The molecule has 18 heteroatoms. The van der Waals surface area contributed by atoms with Gasteiger partial charge in [0.15, 0.2) is 0 Å². The molecule has 2 aliphatic heterocycles. The normalized spacial score (nSPS) is 17.0. The summed E-state index contributed by atoms with van der Waals surface area (Å²) < 4.78 is 53.1. The van der Waals surface area contributed by atoms with Gasteiger partial charge in [0.05, 0.1) is 30.0 Å². The van der Waals surface area contributed by atoms with Gasteiger partial charge in [-0.25, -0.2) is 22.0 Å². The number of carboxylic acids is 1. The number of aryl methyl sites for hydroxylation is 2. The van der Waals surface area contributed by atoms with Crippen molar-refractivity contribution < 1.29 is 41.1 Å². The Kier molecular flexibility index (Phi) is 14.0. The van der Waals surface area contributed by atoms with Crippen molar-refractivity contribution in [1.82, 2.24) is 10.0 Å². The number of aliphatic carboxylic acids is 1. The first-order valence-corrected chi connectivity index (χ1v) is 18.3. The number of nitrogens with one attached hydrogen (secondary N) is 3. The van der Waals surface area contributed by atoms with Gasteiger partial charge in [-0.3, -0.25) is 24.6 Å². The van der Waals surface area contributed by atoms with E-state index in [0.29, 0.717) is 31.4 Å². The number of benzene rings is 3. The Balaban J connectivity index is 0.000000305. The largest absolute Gasteiger partial charge is 0.480 e. The molecule has 0 saturated heterocycles. The smallest absolute Gasteiger partial charge is 0.323 e. The summed E-state index contributed by atoms with van der Waals surface area (Å²) in [5, 5.41) is 20.1.